The van der Waals surface area contributed by atoms with Gasteiger partial charge in [0.05, 0.1) is 11.9 Å². The van der Waals surface area contributed by atoms with Crippen molar-refractivity contribution >= 4 is 10.1 Å². The molecule has 0 heterocycles. The van der Waals surface area contributed by atoms with Crippen LogP contribution in [0.5, 0.6) is 5.75 Å². The van der Waals surface area contributed by atoms with Crippen molar-refractivity contribution in [2.24, 2.45) is 0 Å². The van der Waals surface area contributed by atoms with Crippen molar-refractivity contribution in [3.63, 3.8) is 0 Å². The van der Waals surface area contributed by atoms with Crippen LogP contribution in [-0.4, -0.2) is 24.8 Å². The molecule has 0 aliphatic heterocycles. The normalized spacial score (nSPS) is 12.9. The predicted octanol–water partition coefficient (Wildman–Crippen LogP) is 5.98. The topological polar surface area (TPSA) is 63.6 Å². The molecule has 4 nitrogen and oxygen atoms in total. The second-order valence-corrected chi connectivity index (χ2v) is 9.18. The highest BCUT2D eigenvalue weighted by Crippen LogP contribution is 2.23. The smallest absolute Gasteiger partial charge is 0.264 e. The van der Waals surface area contributed by atoms with Gasteiger partial charge in [-0.15, -0.1) is 0 Å². The Bertz CT molecular complexity index is 595. The molecule has 0 saturated carbocycles. The van der Waals surface area contributed by atoms with E-state index in [0.29, 0.717) is 0 Å². The minimum Gasteiger partial charge on any atom is -0.491 e. The maximum atomic E-state index is 10.9. The first-order valence-corrected chi connectivity index (χ1v) is 12.2. The lowest BCUT2D eigenvalue weighted by atomic mass is 10.00. The van der Waals surface area contributed by atoms with Gasteiger partial charge in [-0.05, 0) is 55.9 Å². The molecule has 0 aliphatic rings. The molecule has 1 aromatic carbocycles. The van der Waals surface area contributed by atoms with E-state index in [9.17, 15) is 8.42 Å². The molecule has 0 saturated heterocycles. The summed E-state index contributed by atoms with van der Waals surface area (Å²) in [7, 11) is -3.94. The highest BCUT2D eigenvalue weighted by Gasteiger charge is 2.12. The van der Waals surface area contributed by atoms with E-state index >= 15 is 0 Å². The van der Waals surface area contributed by atoms with Gasteiger partial charge in [0.2, 0.25) is 0 Å². The van der Waals surface area contributed by atoms with E-state index in [0.717, 1.165) is 18.6 Å². The van der Waals surface area contributed by atoms with Crippen LogP contribution in [0.25, 0.3) is 0 Å². The SMILES string of the molecule is CCCCCCc1cc(CCCCCC)cc(OC(C)CCS(=O)(=O)O)c1. The summed E-state index contributed by atoms with van der Waals surface area (Å²) in [5.41, 5.74) is 2.60. The van der Waals surface area contributed by atoms with Crippen LogP contribution in [-0.2, 0) is 23.0 Å². The van der Waals surface area contributed by atoms with Crippen molar-refractivity contribution in [3.8, 4) is 5.75 Å². The minimum atomic E-state index is -3.94. The van der Waals surface area contributed by atoms with Crippen LogP contribution in [0.3, 0.4) is 0 Å². The first-order valence-electron chi connectivity index (χ1n) is 10.6. The number of hydrogen-bond donors (Lipinski definition) is 1. The number of unbranched alkanes of at least 4 members (excludes halogenated alkanes) is 6. The fourth-order valence-electron chi connectivity index (χ4n) is 3.20. The van der Waals surface area contributed by atoms with Crippen LogP contribution in [0.1, 0.15) is 89.7 Å². The molecule has 0 aromatic heterocycles. The molecule has 5 heteroatoms. The van der Waals surface area contributed by atoms with Crippen LogP contribution in [0.15, 0.2) is 18.2 Å². The molecule has 1 rings (SSSR count). The standard InChI is InChI=1S/C22H38O4S/c1-4-6-8-10-12-20-16-21(13-11-9-7-5-2)18-22(17-20)26-19(3)14-15-27(23,24)25/h16-19H,4-15H2,1-3H3,(H,23,24,25). The van der Waals surface area contributed by atoms with Crippen molar-refractivity contribution in [2.75, 3.05) is 5.75 Å². The van der Waals surface area contributed by atoms with Gasteiger partial charge in [0.1, 0.15) is 5.75 Å². The summed E-state index contributed by atoms with van der Waals surface area (Å²) in [5, 5.41) is 0. The van der Waals surface area contributed by atoms with Crippen LogP contribution < -0.4 is 4.74 Å². The molecule has 0 fully saturated rings. The van der Waals surface area contributed by atoms with Crippen LogP contribution in [0.4, 0.5) is 0 Å². The molecule has 0 spiro atoms. The van der Waals surface area contributed by atoms with Crippen molar-refractivity contribution in [2.45, 2.75) is 97.5 Å². The molecule has 0 amide bonds. The molecular weight excluding hydrogens is 360 g/mol. The molecule has 1 unspecified atom stereocenters. The molecule has 1 N–H and O–H groups in total. The average Bonchev–Trinajstić information content (AvgIpc) is 2.60. The number of benzene rings is 1. The Balaban J connectivity index is 2.73. The maximum Gasteiger partial charge on any atom is 0.264 e. The van der Waals surface area contributed by atoms with Crippen molar-refractivity contribution in [1.82, 2.24) is 0 Å². The van der Waals surface area contributed by atoms with E-state index in [4.69, 9.17) is 9.29 Å². The zero-order chi connectivity index (χ0) is 20.1. The first-order chi connectivity index (χ1) is 12.8. The predicted molar refractivity (Wildman–Crippen MR) is 113 cm³/mol. The summed E-state index contributed by atoms with van der Waals surface area (Å²) in [5.74, 6) is 0.547. The Morgan fingerprint density at radius 1 is 0.889 bits per heavy atom. The summed E-state index contributed by atoms with van der Waals surface area (Å²) in [6.07, 6.45) is 12.0. The second kappa shape index (κ2) is 13.2. The van der Waals surface area contributed by atoms with Gasteiger partial charge in [0, 0.05) is 6.42 Å². The fraction of sp³-hybridized carbons (Fsp3) is 0.727. The van der Waals surface area contributed by atoms with Gasteiger partial charge in [-0.3, -0.25) is 4.55 Å². The maximum absolute atomic E-state index is 10.9. The number of ether oxygens (including phenoxy) is 1. The fourth-order valence-corrected chi connectivity index (χ4v) is 3.83. The molecule has 27 heavy (non-hydrogen) atoms. The summed E-state index contributed by atoms with van der Waals surface area (Å²) in [6.45, 7) is 6.29. The minimum absolute atomic E-state index is 0.254. The van der Waals surface area contributed by atoms with Crippen LogP contribution >= 0.6 is 0 Å². The lowest BCUT2D eigenvalue weighted by Crippen LogP contribution is -2.17. The van der Waals surface area contributed by atoms with E-state index < -0.39 is 10.1 Å². The lowest BCUT2D eigenvalue weighted by Gasteiger charge is -2.16. The Hall–Kier alpha value is -1.07. The zero-order valence-electron chi connectivity index (χ0n) is 17.4. The Labute approximate surface area is 166 Å². The summed E-state index contributed by atoms with van der Waals surface area (Å²) in [6, 6.07) is 6.48. The van der Waals surface area contributed by atoms with E-state index in [1.54, 1.807) is 0 Å². The monoisotopic (exact) mass is 398 g/mol. The lowest BCUT2D eigenvalue weighted by molar-refractivity contribution is 0.216. The molecule has 0 bridgehead atoms. The third-order valence-electron chi connectivity index (χ3n) is 4.78. The Morgan fingerprint density at radius 2 is 1.41 bits per heavy atom. The van der Waals surface area contributed by atoms with Crippen molar-refractivity contribution < 1.29 is 17.7 Å². The van der Waals surface area contributed by atoms with Crippen LogP contribution in [0.2, 0.25) is 0 Å². The largest absolute Gasteiger partial charge is 0.491 e. The van der Waals surface area contributed by atoms with Gasteiger partial charge < -0.3 is 4.74 Å². The first kappa shape index (κ1) is 24.0. The Morgan fingerprint density at radius 3 is 1.85 bits per heavy atom. The number of aryl methyl sites for hydroxylation is 2. The average molecular weight is 399 g/mol. The van der Waals surface area contributed by atoms with E-state index in [-0.39, 0.29) is 18.3 Å². The van der Waals surface area contributed by atoms with E-state index in [2.05, 4.69) is 32.0 Å². The molecule has 0 radical (unpaired) electrons. The molecular formula is C22H38O4S. The Kier molecular flexibility index (Phi) is 11.7. The van der Waals surface area contributed by atoms with Gasteiger partial charge in [-0.2, -0.15) is 8.42 Å². The third kappa shape index (κ3) is 12.1. The highest BCUT2D eigenvalue weighted by atomic mass is 32.2. The van der Waals surface area contributed by atoms with Crippen molar-refractivity contribution in [3.05, 3.63) is 29.3 Å². The van der Waals surface area contributed by atoms with Gasteiger partial charge in [0.25, 0.3) is 10.1 Å². The number of rotatable bonds is 15. The van der Waals surface area contributed by atoms with Gasteiger partial charge in [-0.25, -0.2) is 0 Å². The summed E-state index contributed by atoms with van der Waals surface area (Å²) in [4.78, 5) is 0. The van der Waals surface area contributed by atoms with E-state index in [1.165, 1.54) is 62.5 Å². The van der Waals surface area contributed by atoms with Gasteiger partial charge in [0.15, 0.2) is 0 Å². The van der Waals surface area contributed by atoms with Crippen molar-refractivity contribution in [1.29, 1.82) is 0 Å². The van der Waals surface area contributed by atoms with Gasteiger partial charge >= 0.3 is 0 Å². The third-order valence-corrected chi connectivity index (χ3v) is 5.54. The molecule has 156 valence electrons. The molecule has 0 aliphatic carbocycles. The van der Waals surface area contributed by atoms with Crippen LogP contribution in [0, 0.1) is 0 Å². The highest BCUT2D eigenvalue weighted by molar-refractivity contribution is 7.85. The summed E-state index contributed by atoms with van der Waals surface area (Å²) >= 11 is 0. The molecule has 1 atom stereocenters. The zero-order valence-corrected chi connectivity index (χ0v) is 18.2. The quantitative estimate of drug-likeness (QED) is 0.292. The molecule has 1 aromatic rings. The van der Waals surface area contributed by atoms with E-state index in [1.807, 2.05) is 6.92 Å². The van der Waals surface area contributed by atoms with Gasteiger partial charge in [-0.1, -0.05) is 58.4 Å². The number of hydrogen-bond acceptors (Lipinski definition) is 3. The summed E-state index contributed by atoms with van der Waals surface area (Å²) < 4.78 is 36.8. The second-order valence-electron chi connectivity index (χ2n) is 7.61.